The first-order valence-electron chi connectivity index (χ1n) is 7.03. The van der Waals surface area contributed by atoms with E-state index in [1.54, 1.807) is 6.07 Å². The zero-order valence-corrected chi connectivity index (χ0v) is 13.2. The molecule has 4 N–H and O–H groups in total. The fourth-order valence-electron chi connectivity index (χ4n) is 1.90. The summed E-state index contributed by atoms with van der Waals surface area (Å²) < 4.78 is 0. The van der Waals surface area contributed by atoms with E-state index < -0.39 is 0 Å². The number of unbranched alkanes of at least 4 members (excludes halogenated alkanes) is 3. The van der Waals surface area contributed by atoms with Crippen molar-refractivity contribution in [3.63, 3.8) is 0 Å². The first-order chi connectivity index (χ1) is 9.63. The van der Waals surface area contributed by atoms with E-state index in [1.165, 1.54) is 12.8 Å². The maximum absolute atomic E-state index is 6.01. The van der Waals surface area contributed by atoms with Crippen molar-refractivity contribution in [1.29, 1.82) is 0 Å². The lowest BCUT2D eigenvalue weighted by molar-refractivity contribution is 0.653. The zero-order valence-electron chi connectivity index (χ0n) is 11.7. The van der Waals surface area contributed by atoms with E-state index in [0.29, 0.717) is 16.5 Å². The normalized spacial score (nSPS) is 13.0. The molecule has 0 aliphatic carbocycles. The fraction of sp³-hybridized carbons (Fsp3) is 0.533. The van der Waals surface area contributed by atoms with E-state index in [9.17, 15) is 0 Å². The summed E-state index contributed by atoms with van der Waals surface area (Å²) in [5.74, 6) is 0. The topological polar surface area (TPSA) is 64.4 Å². The lowest BCUT2D eigenvalue weighted by Gasteiger charge is -2.07. The third kappa shape index (κ3) is 7.25. The smallest absolute Gasteiger partial charge is 0.0595 e. The van der Waals surface area contributed by atoms with E-state index in [4.69, 9.17) is 34.7 Å². The molecule has 0 heterocycles. The summed E-state index contributed by atoms with van der Waals surface area (Å²) >= 11 is 11.8. The van der Waals surface area contributed by atoms with Gasteiger partial charge < -0.3 is 11.5 Å². The van der Waals surface area contributed by atoms with Gasteiger partial charge in [0.15, 0.2) is 0 Å². The van der Waals surface area contributed by atoms with E-state index >= 15 is 0 Å². The van der Waals surface area contributed by atoms with E-state index in [0.717, 1.165) is 31.5 Å². The predicted octanol–water partition coefficient (Wildman–Crippen LogP) is 3.45. The lowest BCUT2D eigenvalue weighted by Crippen LogP contribution is -2.24. The highest BCUT2D eigenvalue weighted by Crippen LogP contribution is 2.22. The molecule has 0 spiro atoms. The molecule has 0 aliphatic rings. The van der Waals surface area contributed by atoms with Crippen molar-refractivity contribution in [3.05, 3.63) is 33.8 Å². The maximum Gasteiger partial charge on any atom is 0.0595 e. The summed E-state index contributed by atoms with van der Waals surface area (Å²) in [5.41, 5.74) is 12.5. The van der Waals surface area contributed by atoms with Crippen molar-refractivity contribution in [2.45, 2.75) is 38.1 Å². The number of halogens is 2. The molecule has 112 valence electrons. The number of hydrogen-bond donors (Lipinski definition) is 2. The standard InChI is InChI=1S/C15H23Cl2N3/c16-14-6-5-12(10-15(14)17)9-13(19)11-20-8-4-2-1-3-7-18/h5-6,10-11,13H,1-4,7-9,18-19H2. The molecule has 0 saturated heterocycles. The van der Waals surface area contributed by atoms with E-state index in [-0.39, 0.29) is 6.04 Å². The van der Waals surface area contributed by atoms with Crippen LogP contribution in [-0.2, 0) is 6.42 Å². The van der Waals surface area contributed by atoms with Gasteiger partial charge >= 0.3 is 0 Å². The number of aliphatic imine (C=N–C) groups is 1. The van der Waals surface area contributed by atoms with Gasteiger partial charge in [0.1, 0.15) is 0 Å². The molecule has 0 radical (unpaired) electrons. The van der Waals surface area contributed by atoms with E-state index in [1.807, 2.05) is 18.3 Å². The highest BCUT2D eigenvalue weighted by atomic mass is 35.5. The Morgan fingerprint density at radius 2 is 1.85 bits per heavy atom. The number of rotatable bonds is 9. The van der Waals surface area contributed by atoms with Crippen molar-refractivity contribution in [3.8, 4) is 0 Å². The minimum atomic E-state index is -0.0868. The van der Waals surface area contributed by atoms with Crippen LogP contribution in [0.4, 0.5) is 0 Å². The van der Waals surface area contributed by atoms with Gasteiger partial charge in [0.2, 0.25) is 0 Å². The third-order valence-electron chi connectivity index (χ3n) is 2.99. The van der Waals surface area contributed by atoms with Crippen LogP contribution in [0, 0.1) is 0 Å². The van der Waals surface area contributed by atoms with Crippen molar-refractivity contribution < 1.29 is 0 Å². The largest absolute Gasteiger partial charge is 0.330 e. The van der Waals surface area contributed by atoms with Crippen LogP contribution in [0.15, 0.2) is 23.2 Å². The molecular formula is C15H23Cl2N3. The highest BCUT2D eigenvalue weighted by Gasteiger charge is 2.03. The third-order valence-corrected chi connectivity index (χ3v) is 3.73. The predicted molar refractivity (Wildman–Crippen MR) is 89.0 cm³/mol. The van der Waals surface area contributed by atoms with Crippen molar-refractivity contribution in [1.82, 2.24) is 0 Å². The van der Waals surface area contributed by atoms with Crippen LogP contribution in [0.25, 0.3) is 0 Å². The van der Waals surface area contributed by atoms with Crippen molar-refractivity contribution in [2.75, 3.05) is 13.1 Å². The molecule has 20 heavy (non-hydrogen) atoms. The monoisotopic (exact) mass is 315 g/mol. The quantitative estimate of drug-likeness (QED) is 0.541. The summed E-state index contributed by atoms with van der Waals surface area (Å²) in [4.78, 5) is 4.36. The molecule has 1 rings (SSSR count). The molecule has 0 aromatic heterocycles. The van der Waals surface area contributed by atoms with Crippen molar-refractivity contribution >= 4 is 29.4 Å². The maximum atomic E-state index is 6.01. The second-order valence-corrected chi connectivity index (χ2v) is 5.69. The van der Waals surface area contributed by atoms with E-state index in [2.05, 4.69) is 4.99 Å². The van der Waals surface area contributed by atoms with Gasteiger partial charge in [-0.3, -0.25) is 4.99 Å². The summed E-state index contributed by atoms with van der Waals surface area (Å²) in [6, 6.07) is 5.50. The Kier molecular flexibility index (Phi) is 8.86. The molecule has 1 atom stereocenters. The summed E-state index contributed by atoms with van der Waals surface area (Å²) in [5, 5.41) is 1.13. The molecule has 1 unspecified atom stereocenters. The molecule has 1 aromatic carbocycles. The van der Waals surface area contributed by atoms with Crippen LogP contribution in [0.2, 0.25) is 10.0 Å². The average Bonchev–Trinajstić information content (AvgIpc) is 2.42. The Balaban J connectivity index is 2.25. The second-order valence-electron chi connectivity index (χ2n) is 4.87. The number of nitrogens with zero attached hydrogens (tertiary/aromatic N) is 1. The average molecular weight is 316 g/mol. The van der Waals surface area contributed by atoms with Gasteiger partial charge in [-0.25, -0.2) is 0 Å². The summed E-state index contributed by atoms with van der Waals surface area (Å²) in [7, 11) is 0. The molecule has 0 amide bonds. The SMILES string of the molecule is NCCCCCCN=CC(N)Cc1ccc(Cl)c(Cl)c1. The van der Waals surface area contributed by atoms with Crippen LogP contribution >= 0.6 is 23.2 Å². The molecular weight excluding hydrogens is 293 g/mol. The lowest BCUT2D eigenvalue weighted by atomic mass is 10.1. The molecule has 3 nitrogen and oxygen atoms in total. The minimum absolute atomic E-state index is 0.0868. The van der Waals surface area contributed by atoms with Gasteiger partial charge in [-0.1, -0.05) is 42.1 Å². The van der Waals surface area contributed by atoms with Crippen LogP contribution in [-0.4, -0.2) is 25.3 Å². The molecule has 1 aromatic rings. The van der Waals surface area contributed by atoms with Crippen LogP contribution < -0.4 is 11.5 Å². The van der Waals surface area contributed by atoms with Gasteiger partial charge in [-0.15, -0.1) is 0 Å². The van der Waals surface area contributed by atoms with Gasteiger partial charge in [0.05, 0.1) is 10.0 Å². The first-order valence-corrected chi connectivity index (χ1v) is 7.78. The zero-order chi connectivity index (χ0) is 14.8. The Morgan fingerprint density at radius 1 is 1.10 bits per heavy atom. The molecule has 5 heteroatoms. The minimum Gasteiger partial charge on any atom is -0.330 e. The number of hydrogen-bond acceptors (Lipinski definition) is 3. The van der Waals surface area contributed by atoms with Gasteiger partial charge in [0, 0.05) is 18.8 Å². The van der Waals surface area contributed by atoms with Crippen molar-refractivity contribution in [2.24, 2.45) is 16.5 Å². The molecule has 0 aliphatic heterocycles. The molecule has 0 saturated carbocycles. The van der Waals surface area contributed by atoms with Gasteiger partial charge in [0.25, 0.3) is 0 Å². The highest BCUT2D eigenvalue weighted by molar-refractivity contribution is 6.42. The Labute approximate surface area is 131 Å². The number of nitrogens with two attached hydrogens (primary N) is 2. The Hall–Kier alpha value is -0.610. The second kappa shape index (κ2) is 10.2. The first kappa shape index (κ1) is 17.4. The Morgan fingerprint density at radius 3 is 2.55 bits per heavy atom. The Bertz CT molecular complexity index is 422. The van der Waals surface area contributed by atoms with Gasteiger partial charge in [-0.2, -0.15) is 0 Å². The van der Waals surface area contributed by atoms with Gasteiger partial charge in [-0.05, 0) is 43.5 Å². The van der Waals surface area contributed by atoms with Crippen LogP contribution in [0.5, 0.6) is 0 Å². The summed E-state index contributed by atoms with van der Waals surface area (Å²) in [6.45, 7) is 1.61. The van der Waals surface area contributed by atoms with Crippen LogP contribution in [0.1, 0.15) is 31.2 Å². The summed E-state index contributed by atoms with van der Waals surface area (Å²) in [6.07, 6.45) is 7.09. The molecule has 0 fully saturated rings. The fourth-order valence-corrected chi connectivity index (χ4v) is 2.22. The number of benzene rings is 1. The molecule has 0 bridgehead atoms. The van der Waals surface area contributed by atoms with Crippen LogP contribution in [0.3, 0.4) is 0 Å².